The number of para-hydroxylation sites is 2. The topological polar surface area (TPSA) is 17.6 Å². The molecule has 7 aromatic rings. The maximum absolute atomic E-state index is 2.77. The third kappa shape index (κ3) is 1.68. The van der Waals surface area contributed by atoms with Crippen LogP contribution in [0.5, 0.6) is 0 Å². The Balaban J connectivity index is 1.51. The Morgan fingerprint density at radius 3 is 2.29 bits per heavy atom. The summed E-state index contributed by atoms with van der Waals surface area (Å²) in [6, 6.07) is 34.5. The highest BCUT2D eigenvalue weighted by Crippen LogP contribution is 2.60. The number of hydrogen-bond acceptors (Lipinski definition) is 0. The second-order valence-corrected chi connectivity index (χ2v) is 11.7. The van der Waals surface area contributed by atoms with E-state index >= 15 is 0 Å². The second-order valence-electron chi connectivity index (χ2n) is 11.7. The lowest BCUT2D eigenvalue weighted by Crippen LogP contribution is -2.80. The molecule has 0 amide bonds. The summed E-state index contributed by atoms with van der Waals surface area (Å²) in [4.78, 5) is 0. The molecule has 0 bridgehead atoms. The van der Waals surface area contributed by atoms with Crippen molar-refractivity contribution in [1.82, 2.24) is 9.13 Å². The number of nitrogens with zero attached hydrogens (tertiary/aromatic N) is 4. The van der Waals surface area contributed by atoms with Crippen LogP contribution in [-0.2, 0) is 5.66 Å². The summed E-state index contributed by atoms with van der Waals surface area (Å²) in [5.74, 6) is 2.41. The number of rotatable bonds is 0. The number of pyridine rings is 2. The average Bonchev–Trinajstić information content (AvgIpc) is 3.72. The zero-order valence-corrected chi connectivity index (χ0v) is 20.8. The van der Waals surface area contributed by atoms with Gasteiger partial charge < -0.3 is 0 Å². The lowest BCUT2D eigenvalue weighted by molar-refractivity contribution is -0.974. The van der Waals surface area contributed by atoms with Crippen LogP contribution in [0.2, 0.25) is 0 Å². The maximum Gasteiger partial charge on any atom is 0.300 e. The molecule has 38 heavy (non-hydrogen) atoms. The van der Waals surface area contributed by atoms with Crippen molar-refractivity contribution in [1.29, 1.82) is 0 Å². The first kappa shape index (κ1) is 18.8. The van der Waals surface area contributed by atoms with E-state index in [1.54, 1.807) is 5.56 Å². The third-order valence-corrected chi connectivity index (χ3v) is 10.4. The van der Waals surface area contributed by atoms with Crippen LogP contribution in [0.1, 0.15) is 36.3 Å². The molecular formula is C34H24N4+2. The highest BCUT2D eigenvalue weighted by molar-refractivity contribution is 6.09. The first-order chi connectivity index (χ1) is 18.9. The molecule has 0 N–H and O–H groups in total. The lowest BCUT2D eigenvalue weighted by atomic mass is 9.85. The molecule has 0 radical (unpaired) electrons. The van der Waals surface area contributed by atoms with Crippen molar-refractivity contribution in [2.24, 2.45) is 5.92 Å². The molecule has 1 spiro atoms. The average molecular weight is 489 g/mol. The van der Waals surface area contributed by atoms with Gasteiger partial charge in [-0.2, -0.15) is 13.7 Å². The Morgan fingerprint density at radius 2 is 1.42 bits per heavy atom. The van der Waals surface area contributed by atoms with E-state index in [-0.39, 0.29) is 5.66 Å². The van der Waals surface area contributed by atoms with Gasteiger partial charge in [-0.25, -0.2) is 4.57 Å². The van der Waals surface area contributed by atoms with Crippen molar-refractivity contribution in [2.45, 2.75) is 30.8 Å². The number of hydrogen-bond donors (Lipinski definition) is 0. The molecule has 1 saturated carbocycles. The molecule has 3 aromatic carbocycles. The lowest BCUT2D eigenvalue weighted by Gasteiger charge is -2.39. The van der Waals surface area contributed by atoms with Crippen molar-refractivity contribution in [3.8, 4) is 11.5 Å². The van der Waals surface area contributed by atoms with Crippen molar-refractivity contribution in [3.05, 3.63) is 108 Å². The van der Waals surface area contributed by atoms with Gasteiger partial charge in [0.15, 0.2) is 0 Å². The molecular weight excluding hydrogens is 464 g/mol. The van der Waals surface area contributed by atoms with E-state index in [9.17, 15) is 0 Å². The summed E-state index contributed by atoms with van der Waals surface area (Å²) in [7, 11) is 0. The largest absolute Gasteiger partial charge is 0.300 e. The van der Waals surface area contributed by atoms with Crippen molar-refractivity contribution >= 4 is 43.9 Å². The van der Waals surface area contributed by atoms with Gasteiger partial charge in [0.05, 0.1) is 22.5 Å². The van der Waals surface area contributed by atoms with Crippen molar-refractivity contribution < 1.29 is 9.13 Å². The number of benzene rings is 3. The van der Waals surface area contributed by atoms with Gasteiger partial charge in [-0.05, 0) is 66.8 Å². The van der Waals surface area contributed by atoms with Crippen LogP contribution in [0, 0.1) is 5.92 Å². The van der Waals surface area contributed by atoms with Crippen LogP contribution in [0.25, 0.3) is 55.4 Å². The van der Waals surface area contributed by atoms with E-state index in [2.05, 4.69) is 115 Å². The summed E-state index contributed by atoms with van der Waals surface area (Å²) in [5.41, 5.74) is 9.43. The zero-order chi connectivity index (χ0) is 24.3. The standard InChI is InChI=1S/C34H24N4/c1-3-14-27-22(9-1)25-17-18-30-37-28-15-4-2-8-21(28)24-12-7-19-35(32(24)37)34-26-13-5-10-20(26)23-11-6-16-29(31(23)34)36(27)33(25)38(30)34/h1-4,6-9,11-12,14-20,26H,5,10,13H2/q+2. The molecule has 0 saturated heterocycles. The van der Waals surface area contributed by atoms with Crippen LogP contribution in [0.4, 0.5) is 0 Å². The monoisotopic (exact) mass is 488 g/mol. The summed E-state index contributed by atoms with van der Waals surface area (Å²) in [6.45, 7) is 0. The summed E-state index contributed by atoms with van der Waals surface area (Å²) in [5, 5.41) is 5.35. The fourth-order valence-corrected chi connectivity index (χ4v) is 9.33. The van der Waals surface area contributed by atoms with Gasteiger partial charge >= 0.3 is 5.65 Å². The predicted molar refractivity (Wildman–Crippen MR) is 148 cm³/mol. The Morgan fingerprint density at radius 1 is 0.658 bits per heavy atom. The minimum absolute atomic E-state index is 0.268. The van der Waals surface area contributed by atoms with E-state index in [0.717, 1.165) is 0 Å². The quantitative estimate of drug-likeness (QED) is 0.225. The van der Waals surface area contributed by atoms with E-state index in [4.69, 9.17) is 0 Å². The molecule has 4 heteroatoms. The highest BCUT2D eigenvalue weighted by Gasteiger charge is 2.68. The molecule has 11 rings (SSSR count). The second kappa shape index (κ2) is 5.83. The molecule has 2 aliphatic carbocycles. The van der Waals surface area contributed by atoms with E-state index in [0.29, 0.717) is 11.8 Å². The van der Waals surface area contributed by atoms with Crippen LogP contribution >= 0.6 is 0 Å². The van der Waals surface area contributed by atoms with E-state index < -0.39 is 0 Å². The van der Waals surface area contributed by atoms with Gasteiger partial charge in [0.2, 0.25) is 5.65 Å². The minimum atomic E-state index is -0.268. The summed E-state index contributed by atoms with van der Waals surface area (Å²) in [6.07, 6.45) is 6.22. The van der Waals surface area contributed by atoms with Gasteiger partial charge in [-0.3, -0.25) is 0 Å². The molecule has 4 nitrogen and oxygen atoms in total. The normalized spacial score (nSPS) is 23.6. The van der Waals surface area contributed by atoms with Crippen LogP contribution < -0.4 is 9.13 Å². The predicted octanol–water partition coefficient (Wildman–Crippen LogP) is 6.23. The molecule has 4 aliphatic rings. The van der Waals surface area contributed by atoms with E-state index in [1.165, 1.54) is 80.2 Å². The van der Waals surface area contributed by atoms with Gasteiger partial charge in [0, 0.05) is 22.8 Å². The Bertz CT molecular complexity index is 2250. The number of aromatic nitrogens is 4. The molecule has 178 valence electrons. The first-order valence-electron chi connectivity index (χ1n) is 14.0. The zero-order valence-electron chi connectivity index (χ0n) is 20.8. The fourth-order valence-electron chi connectivity index (χ4n) is 9.33. The molecule has 6 heterocycles. The fraction of sp³-hybridized carbons (Fsp3) is 0.176. The highest BCUT2D eigenvalue weighted by atomic mass is 15.4. The Kier molecular flexibility index (Phi) is 2.88. The van der Waals surface area contributed by atoms with Crippen molar-refractivity contribution in [2.75, 3.05) is 0 Å². The van der Waals surface area contributed by atoms with Gasteiger partial charge in [0.1, 0.15) is 16.7 Å². The van der Waals surface area contributed by atoms with Crippen LogP contribution in [0.15, 0.2) is 97.2 Å². The van der Waals surface area contributed by atoms with Crippen LogP contribution in [0.3, 0.4) is 0 Å². The van der Waals surface area contributed by atoms with Gasteiger partial charge in [-0.1, -0.05) is 48.9 Å². The third-order valence-electron chi connectivity index (χ3n) is 10.4. The molecule has 3 atom stereocenters. The van der Waals surface area contributed by atoms with E-state index in [1.807, 2.05) is 0 Å². The van der Waals surface area contributed by atoms with Gasteiger partial charge in [0.25, 0.3) is 11.5 Å². The molecule has 4 aromatic heterocycles. The number of fused-ring (bicyclic) bond motifs is 10. The first-order valence-corrected chi connectivity index (χ1v) is 14.0. The summed E-state index contributed by atoms with van der Waals surface area (Å²) >= 11 is 0. The molecule has 1 fully saturated rings. The Labute approximate surface area is 218 Å². The minimum Gasteiger partial charge on any atom is -0.225 e. The SMILES string of the molecule is c1cc2c3c(c1)-n1c4ccccc4c4ccc5[n+](c41)C3(C1CCCC21)[n+]1cccc2c3ccccc3n-5c21. The molecule has 3 unspecified atom stereocenters. The summed E-state index contributed by atoms with van der Waals surface area (Å²) < 4.78 is 10.6. The van der Waals surface area contributed by atoms with Gasteiger partial charge in [-0.15, -0.1) is 0 Å². The maximum atomic E-state index is 2.77. The molecule has 2 aliphatic heterocycles. The van der Waals surface area contributed by atoms with Crippen molar-refractivity contribution in [3.63, 3.8) is 0 Å². The van der Waals surface area contributed by atoms with Crippen LogP contribution in [-0.4, -0.2) is 9.13 Å². The smallest absolute Gasteiger partial charge is 0.225 e. The Hall–Kier alpha value is -4.44.